The van der Waals surface area contributed by atoms with Crippen LogP contribution in [-0.4, -0.2) is 37.2 Å². The van der Waals surface area contributed by atoms with Gasteiger partial charge in [0, 0.05) is 19.3 Å². The molecule has 1 atom stereocenters. The average molecular weight is 861 g/mol. The van der Waals surface area contributed by atoms with E-state index in [9.17, 15) is 14.4 Å². The predicted molar refractivity (Wildman–Crippen MR) is 265 cm³/mol. The summed E-state index contributed by atoms with van der Waals surface area (Å²) in [7, 11) is 0. The largest absolute Gasteiger partial charge is 0.462 e. The van der Waals surface area contributed by atoms with Crippen LogP contribution in [0.3, 0.4) is 0 Å². The Labute approximate surface area is 381 Å². The maximum Gasteiger partial charge on any atom is 0.306 e. The van der Waals surface area contributed by atoms with Gasteiger partial charge in [0.05, 0.1) is 0 Å². The first-order chi connectivity index (χ1) is 30.5. The Hall–Kier alpha value is -3.67. The van der Waals surface area contributed by atoms with Gasteiger partial charge in [0.25, 0.3) is 0 Å². The van der Waals surface area contributed by atoms with Crippen molar-refractivity contribution in [2.24, 2.45) is 0 Å². The van der Waals surface area contributed by atoms with E-state index in [1.807, 2.05) is 0 Å². The summed E-state index contributed by atoms with van der Waals surface area (Å²) in [6.07, 6.45) is 65.6. The summed E-state index contributed by atoms with van der Waals surface area (Å²) in [6.45, 7) is 6.39. The molecule has 0 aliphatic heterocycles. The Kier molecular flexibility index (Phi) is 47.0. The van der Waals surface area contributed by atoms with Crippen molar-refractivity contribution >= 4 is 17.9 Å². The van der Waals surface area contributed by atoms with Gasteiger partial charge in [-0.15, -0.1) is 0 Å². The summed E-state index contributed by atoms with van der Waals surface area (Å²) in [4.78, 5) is 37.7. The number of hydrogen-bond donors (Lipinski definition) is 0. The number of esters is 3. The molecule has 0 heterocycles. The molecule has 0 aromatic rings. The second-order valence-electron chi connectivity index (χ2n) is 16.3. The molecule has 0 aliphatic rings. The standard InChI is InChI=1S/C56H92O6/c1-4-7-10-13-16-18-20-22-24-25-26-27-28-29-30-31-33-34-36-38-40-43-46-49-55(58)61-52-53(51-60-54(57)48-45-42-15-12-9-6-3)62-56(59)50-47-44-41-39-37-35-32-23-21-19-17-14-11-8-5-2/h7,10,16,18,22-24,26-27,29-30,32-34,38,40,53H,4-6,8-9,11-15,17,19-21,25,28,31,35-37,39,41-52H2,1-3H3/b10-7-,18-16-,24-22-,27-26-,30-29-,32-23-,34-33-,40-38-. The minimum atomic E-state index is -0.802. The average Bonchev–Trinajstić information content (AvgIpc) is 3.27. The van der Waals surface area contributed by atoms with E-state index < -0.39 is 6.10 Å². The van der Waals surface area contributed by atoms with E-state index >= 15 is 0 Å². The van der Waals surface area contributed by atoms with Crippen LogP contribution in [0.5, 0.6) is 0 Å². The molecule has 0 saturated carbocycles. The summed E-state index contributed by atoms with van der Waals surface area (Å²) in [5, 5.41) is 0. The summed E-state index contributed by atoms with van der Waals surface area (Å²) in [6, 6.07) is 0. The minimum absolute atomic E-state index is 0.0998. The van der Waals surface area contributed by atoms with Crippen molar-refractivity contribution < 1.29 is 28.6 Å². The zero-order valence-electron chi connectivity index (χ0n) is 40.1. The first-order valence-electron chi connectivity index (χ1n) is 25.2. The SMILES string of the molecule is CC/C=C\C/C=C\C/C=C\C/C=C\C/C=C\C/C=C\C/C=C\CCCC(=O)OCC(COC(=O)CCCCCCCC)OC(=O)CCCCCCC/C=C\CCCCCCCC. The van der Waals surface area contributed by atoms with E-state index in [0.717, 1.165) is 103 Å². The first-order valence-corrected chi connectivity index (χ1v) is 25.2. The van der Waals surface area contributed by atoms with Crippen LogP contribution in [0.4, 0.5) is 0 Å². The highest BCUT2D eigenvalue weighted by atomic mass is 16.6. The van der Waals surface area contributed by atoms with Gasteiger partial charge in [-0.05, 0) is 96.3 Å². The topological polar surface area (TPSA) is 78.9 Å². The monoisotopic (exact) mass is 861 g/mol. The van der Waals surface area contributed by atoms with Crippen LogP contribution in [-0.2, 0) is 28.6 Å². The van der Waals surface area contributed by atoms with Crippen LogP contribution < -0.4 is 0 Å². The van der Waals surface area contributed by atoms with E-state index in [-0.39, 0.29) is 37.5 Å². The van der Waals surface area contributed by atoms with Crippen molar-refractivity contribution in [2.45, 2.75) is 226 Å². The van der Waals surface area contributed by atoms with E-state index in [2.05, 4.69) is 118 Å². The minimum Gasteiger partial charge on any atom is -0.462 e. The molecule has 352 valence electrons. The van der Waals surface area contributed by atoms with Crippen LogP contribution in [0.25, 0.3) is 0 Å². The lowest BCUT2D eigenvalue weighted by Crippen LogP contribution is -2.30. The number of carbonyl (C=O) groups is 3. The smallest absolute Gasteiger partial charge is 0.306 e. The molecule has 0 spiro atoms. The Bertz CT molecular complexity index is 1260. The van der Waals surface area contributed by atoms with Crippen LogP contribution >= 0.6 is 0 Å². The first kappa shape index (κ1) is 58.3. The molecular formula is C56H92O6. The fourth-order valence-electron chi connectivity index (χ4n) is 6.54. The molecule has 6 nitrogen and oxygen atoms in total. The van der Waals surface area contributed by atoms with Crippen LogP contribution in [0.2, 0.25) is 0 Å². The Morgan fingerprint density at radius 2 is 0.645 bits per heavy atom. The molecule has 6 heteroatoms. The van der Waals surface area contributed by atoms with Gasteiger partial charge in [-0.25, -0.2) is 0 Å². The van der Waals surface area contributed by atoms with Crippen molar-refractivity contribution in [3.05, 3.63) is 97.2 Å². The van der Waals surface area contributed by atoms with Crippen LogP contribution in [0.15, 0.2) is 97.2 Å². The fraction of sp³-hybridized carbons (Fsp3) is 0.661. The highest BCUT2D eigenvalue weighted by Crippen LogP contribution is 2.13. The molecule has 0 aliphatic carbocycles. The van der Waals surface area contributed by atoms with Crippen molar-refractivity contribution in [2.75, 3.05) is 13.2 Å². The van der Waals surface area contributed by atoms with Crippen molar-refractivity contribution in [3.8, 4) is 0 Å². The van der Waals surface area contributed by atoms with Gasteiger partial charge in [0.15, 0.2) is 6.10 Å². The maximum absolute atomic E-state index is 12.7. The van der Waals surface area contributed by atoms with Gasteiger partial charge >= 0.3 is 17.9 Å². The third-order valence-corrected chi connectivity index (χ3v) is 10.3. The number of ether oxygens (including phenoxy) is 3. The number of allylic oxidation sites excluding steroid dienone is 16. The van der Waals surface area contributed by atoms with Crippen molar-refractivity contribution in [1.29, 1.82) is 0 Å². The van der Waals surface area contributed by atoms with Gasteiger partial charge in [-0.2, -0.15) is 0 Å². The molecule has 0 radical (unpaired) electrons. The zero-order chi connectivity index (χ0) is 45.1. The summed E-state index contributed by atoms with van der Waals surface area (Å²) >= 11 is 0. The van der Waals surface area contributed by atoms with E-state index in [4.69, 9.17) is 14.2 Å². The fourth-order valence-corrected chi connectivity index (χ4v) is 6.54. The lowest BCUT2D eigenvalue weighted by Gasteiger charge is -2.18. The maximum atomic E-state index is 12.7. The molecule has 62 heavy (non-hydrogen) atoms. The molecule has 0 fully saturated rings. The van der Waals surface area contributed by atoms with Gasteiger partial charge < -0.3 is 14.2 Å². The zero-order valence-corrected chi connectivity index (χ0v) is 40.1. The molecule has 0 aromatic heterocycles. The normalized spacial score (nSPS) is 12.9. The Morgan fingerprint density at radius 1 is 0.339 bits per heavy atom. The molecule has 1 unspecified atom stereocenters. The molecule has 0 saturated heterocycles. The molecule has 0 N–H and O–H groups in total. The number of carbonyl (C=O) groups excluding carboxylic acids is 3. The summed E-state index contributed by atoms with van der Waals surface area (Å²) in [5.74, 6) is -0.985. The van der Waals surface area contributed by atoms with E-state index in [1.165, 1.54) is 70.6 Å². The van der Waals surface area contributed by atoms with Crippen LogP contribution in [0, 0.1) is 0 Å². The predicted octanol–water partition coefficient (Wildman–Crippen LogP) is 16.6. The Balaban J connectivity index is 4.35. The van der Waals surface area contributed by atoms with Crippen molar-refractivity contribution in [1.82, 2.24) is 0 Å². The number of unbranched alkanes of at least 4 members (excludes halogenated alkanes) is 17. The molecule has 0 rings (SSSR count). The van der Waals surface area contributed by atoms with Crippen molar-refractivity contribution in [3.63, 3.8) is 0 Å². The second kappa shape index (κ2) is 50.0. The molecular weight excluding hydrogens is 769 g/mol. The Morgan fingerprint density at radius 3 is 1.06 bits per heavy atom. The van der Waals surface area contributed by atoms with E-state index in [0.29, 0.717) is 19.3 Å². The molecule has 0 bridgehead atoms. The lowest BCUT2D eigenvalue weighted by atomic mass is 10.1. The van der Waals surface area contributed by atoms with Gasteiger partial charge in [-0.3, -0.25) is 14.4 Å². The second-order valence-corrected chi connectivity index (χ2v) is 16.3. The molecule has 0 amide bonds. The quantitative estimate of drug-likeness (QED) is 0.0263. The molecule has 0 aromatic carbocycles. The highest BCUT2D eigenvalue weighted by Gasteiger charge is 2.19. The lowest BCUT2D eigenvalue weighted by molar-refractivity contribution is -0.167. The van der Waals surface area contributed by atoms with Gasteiger partial charge in [0.2, 0.25) is 0 Å². The third kappa shape index (κ3) is 47.4. The van der Waals surface area contributed by atoms with Gasteiger partial charge in [0.1, 0.15) is 13.2 Å². The number of rotatable bonds is 44. The summed E-state index contributed by atoms with van der Waals surface area (Å²) < 4.78 is 16.6. The van der Waals surface area contributed by atoms with Gasteiger partial charge in [-0.1, -0.05) is 201 Å². The highest BCUT2D eigenvalue weighted by molar-refractivity contribution is 5.71. The third-order valence-electron chi connectivity index (χ3n) is 10.3. The summed E-state index contributed by atoms with van der Waals surface area (Å²) in [5.41, 5.74) is 0. The number of hydrogen-bond acceptors (Lipinski definition) is 6. The van der Waals surface area contributed by atoms with Crippen LogP contribution in [0.1, 0.15) is 220 Å². The van der Waals surface area contributed by atoms with E-state index in [1.54, 1.807) is 0 Å².